The monoisotopic (exact) mass is 579 g/mol. The average Bonchev–Trinajstić information content (AvgIpc) is 2.93. The molecule has 9 heteroatoms. The van der Waals surface area contributed by atoms with Crippen LogP contribution in [0.15, 0.2) is 89.0 Å². The quantitative estimate of drug-likeness (QED) is 0.139. The van der Waals surface area contributed by atoms with Gasteiger partial charge in [0.05, 0.1) is 13.4 Å². The Bertz CT molecular complexity index is 1280. The largest absolute Gasteiger partial charge is 0.496 e. The number of carbonyl (C=O) groups excluding carboxylic acids is 1. The van der Waals surface area contributed by atoms with Crippen LogP contribution in [0, 0.1) is 11.2 Å². The van der Waals surface area contributed by atoms with Gasteiger partial charge in [0.25, 0.3) is 5.91 Å². The second-order valence-corrected chi connectivity index (χ2v) is 9.22. The maximum Gasteiger partial charge on any atom is 0.258 e. The van der Waals surface area contributed by atoms with E-state index in [0.29, 0.717) is 43.7 Å². The first-order chi connectivity index (χ1) is 18.4. The van der Waals surface area contributed by atoms with Crippen LogP contribution >= 0.6 is 15.9 Å². The van der Waals surface area contributed by atoms with Crippen molar-refractivity contribution in [2.24, 2.45) is 4.99 Å². The number of benzene rings is 3. The number of nitrogens with one attached hydrogen (secondary N) is 3. The Morgan fingerprint density at radius 2 is 1.95 bits per heavy atom. The molecule has 3 aromatic rings. The lowest BCUT2D eigenvalue weighted by Crippen LogP contribution is -2.37. The number of ether oxygens (including phenoxy) is 1. The molecule has 3 N–H and O–H groups in total. The molecule has 0 aromatic heterocycles. The number of hydrogen-bond acceptors (Lipinski definition) is 4. The highest BCUT2D eigenvalue weighted by atomic mass is 79.9. The van der Waals surface area contributed by atoms with Crippen molar-refractivity contribution in [2.75, 3.05) is 25.5 Å². The highest BCUT2D eigenvalue weighted by molar-refractivity contribution is 9.10. The predicted octanol–water partition coefficient (Wildman–Crippen LogP) is 6.02. The number of aryl methyl sites for hydroxylation is 1. The molecule has 7 nitrogen and oxygen atoms in total. The standard InChI is InChI=1S/C29H31BrFN5O2/c1-3-36(20-32)18-8-17-33-29(34-23-9-5-4-6-10-23)35-28(37)25-11-7-12-26(31)24(25)15-13-21-19-22(30)14-16-27(21)38-2/h3-7,9-12,14,16,19-20,32H,1,8,13,15,17-18H2,2H3,(H2,33,34,35,37). The summed E-state index contributed by atoms with van der Waals surface area (Å²) in [6.45, 7) is 4.63. The van der Waals surface area contributed by atoms with Gasteiger partial charge in [-0.05, 0) is 73.5 Å². The highest BCUT2D eigenvalue weighted by Crippen LogP contribution is 2.25. The smallest absolute Gasteiger partial charge is 0.258 e. The van der Waals surface area contributed by atoms with Crippen molar-refractivity contribution >= 4 is 39.8 Å². The number of methoxy groups -OCH3 is 1. The van der Waals surface area contributed by atoms with E-state index in [2.05, 4.69) is 38.1 Å². The van der Waals surface area contributed by atoms with Gasteiger partial charge in [-0.25, -0.2) is 4.39 Å². The number of nitrogens with zero attached hydrogens (tertiary/aromatic N) is 2. The third-order valence-electron chi connectivity index (χ3n) is 5.76. The molecular weight excluding hydrogens is 549 g/mol. The van der Waals surface area contributed by atoms with Gasteiger partial charge in [0.1, 0.15) is 11.6 Å². The number of amides is 1. The van der Waals surface area contributed by atoms with Gasteiger partial charge < -0.3 is 15.0 Å². The van der Waals surface area contributed by atoms with Crippen LogP contribution in [0.5, 0.6) is 5.75 Å². The molecule has 0 radical (unpaired) electrons. The van der Waals surface area contributed by atoms with E-state index < -0.39 is 11.7 Å². The van der Waals surface area contributed by atoms with E-state index in [1.807, 2.05) is 48.5 Å². The summed E-state index contributed by atoms with van der Waals surface area (Å²) in [5.74, 6) is 0.0486. The zero-order valence-electron chi connectivity index (χ0n) is 21.2. The van der Waals surface area contributed by atoms with Gasteiger partial charge in [0.15, 0.2) is 0 Å². The first kappa shape index (κ1) is 28.6. The number of halogens is 2. The summed E-state index contributed by atoms with van der Waals surface area (Å²) in [7, 11) is 1.59. The van der Waals surface area contributed by atoms with E-state index in [0.717, 1.165) is 15.7 Å². The van der Waals surface area contributed by atoms with Gasteiger partial charge in [-0.15, -0.1) is 0 Å². The van der Waals surface area contributed by atoms with Crippen molar-refractivity contribution < 1.29 is 13.9 Å². The lowest BCUT2D eigenvalue weighted by atomic mass is 9.98. The Morgan fingerprint density at radius 3 is 2.66 bits per heavy atom. The van der Waals surface area contributed by atoms with E-state index in [-0.39, 0.29) is 11.5 Å². The van der Waals surface area contributed by atoms with Gasteiger partial charge in [0.2, 0.25) is 5.96 Å². The number of aliphatic imine (C=N–C) groups is 1. The molecule has 0 saturated carbocycles. The molecule has 0 heterocycles. The number of hydrogen-bond donors (Lipinski definition) is 3. The molecule has 3 rings (SSSR count). The summed E-state index contributed by atoms with van der Waals surface area (Å²) in [6, 6.07) is 19.5. The van der Waals surface area contributed by atoms with Crippen LogP contribution in [0.4, 0.5) is 10.1 Å². The number of rotatable bonds is 12. The lowest BCUT2D eigenvalue weighted by molar-refractivity contribution is 0.0975. The molecule has 0 unspecified atom stereocenters. The minimum atomic E-state index is -0.463. The third-order valence-corrected chi connectivity index (χ3v) is 6.26. The molecule has 198 valence electrons. The Labute approximate surface area is 231 Å². The molecule has 0 spiro atoms. The third kappa shape index (κ3) is 8.27. The first-order valence-corrected chi connectivity index (χ1v) is 12.9. The van der Waals surface area contributed by atoms with Gasteiger partial charge >= 0.3 is 0 Å². The first-order valence-electron chi connectivity index (χ1n) is 12.1. The normalized spacial score (nSPS) is 11.0. The minimum absolute atomic E-state index is 0.239. The molecule has 1 amide bonds. The molecule has 3 aromatic carbocycles. The molecule has 0 atom stereocenters. The molecule has 0 aliphatic carbocycles. The molecule has 0 saturated heterocycles. The Balaban J connectivity index is 1.79. The maximum absolute atomic E-state index is 15.0. The summed E-state index contributed by atoms with van der Waals surface area (Å²) < 4.78 is 21.3. The number of anilines is 1. The molecule has 0 bridgehead atoms. The second kappa shape index (κ2) is 14.7. The van der Waals surface area contributed by atoms with Gasteiger partial charge in [-0.2, -0.15) is 0 Å². The summed E-state index contributed by atoms with van der Waals surface area (Å²) in [6.07, 6.45) is 4.19. The van der Waals surface area contributed by atoms with E-state index in [9.17, 15) is 9.18 Å². The van der Waals surface area contributed by atoms with E-state index in [1.165, 1.54) is 18.5 Å². The fourth-order valence-corrected chi connectivity index (χ4v) is 4.23. The van der Waals surface area contributed by atoms with Crippen molar-refractivity contribution in [3.05, 3.63) is 106 Å². The van der Waals surface area contributed by atoms with Crippen molar-refractivity contribution in [2.45, 2.75) is 19.3 Å². The van der Waals surface area contributed by atoms with Crippen LogP contribution in [0.3, 0.4) is 0 Å². The SMILES string of the molecule is C=CN(C=N)CCCN=C(NC(=O)c1cccc(F)c1CCc1cc(Br)ccc1OC)Nc1ccccc1. The van der Waals surface area contributed by atoms with E-state index in [1.54, 1.807) is 24.3 Å². The topological polar surface area (TPSA) is 89.8 Å². The van der Waals surface area contributed by atoms with Crippen LogP contribution in [0.25, 0.3) is 0 Å². The van der Waals surface area contributed by atoms with Crippen molar-refractivity contribution in [1.82, 2.24) is 10.2 Å². The summed E-state index contributed by atoms with van der Waals surface area (Å²) >= 11 is 3.47. The number of guanidine groups is 1. The summed E-state index contributed by atoms with van der Waals surface area (Å²) in [5, 5.41) is 13.3. The summed E-state index contributed by atoms with van der Waals surface area (Å²) in [5.41, 5.74) is 2.21. The second-order valence-electron chi connectivity index (χ2n) is 8.30. The van der Waals surface area contributed by atoms with Crippen LogP contribution in [0.2, 0.25) is 0 Å². The van der Waals surface area contributed by atoms with Gasteiger partial charge in [-0.3, -0.25) is 20.5 Å². The minimum Gasteiger partial charge on any atom is -0.496 e. The van der Waals surface area contributed by atoms with E-state index in [4.69, 9.17) is 10.1 Å². The van der Waals surface area contributed by atoms with Crippen LogP contribution in [0.1, 0.15) is 27.9 Å². The molecule has 0 aliphatic heterocycles. The van der Waals surface area contributed by atoms with Crippen molar-refractivity contribution in [3.8, 4) is 5.75 Å². The van der Waals surface area contributed by atoms with Gasteiger partial charge in [0, 0.05) is 34.4 Å². The van der Waals surface area contributed by atoms with Crippen LogP contribution < -0.4 is 15.4 Å². The zero-order chi connectivity index (χ0) is 27.3. The van der Waals surface area contributed by atoms with Crippen LogP contribution in [-0.2, 0) is 12.8 Å². The highest BCUT2D eigenvalue weighted by Gasteiger charge is 2.18. The average molecular weight is 581 g/mol. The fourth-order valence-electron chi connectivity index (χ4n) is 3.82. The molecule has 38 heavy (non-hydrogen) atoms. The Hall–Kier alpha value is -3.98. The lowest BCUT2D eigenvalue weighted by Gasteiger charge is -2.15. The fraction of sp³-hybridized carbons (Fsp3) is 0.207. The molecule has 0 fully saturated rings. The maximum atomic E-state index is 15.0. The Kier molecular flexibility index (Phi) is 11.0. The van der Waals surface area contributed by atoms with Crippen molar-refractivity contribution in [3.63, 3.8) is 0 Å². The summed E-state index contributed by atoms with van der Waals surface area (Å²) in [4.78, 5) is 19.5. The molecular formula is C29H31BrFN5O2. The van der Waals surface area contributed by atoms with Crippen molar-refractivity contribution in [1.29, 1.82) is 5.41 Å². The predicted molar refractivity (Wildman–Crippen MR) is 155 cm³/mol. The van der Waals surface area contributed by atoms with Gasteiger partial charge in [-0.1, -0.05) is 46.8 Å². The van der Waals surface area contributed by atoms with Crippen LogP contribution in [-0.4, -0.2) is 43.3 Å². The number of para-hydroxylation sites is 1. The zero-order valence-corrected chi connectivity index (χ0v) is 22.8. The Morgan fingerprint density at radius 1 is 1.16 bits per heavy atom. The molecule has 0 aliphatic rings. The number of carbonyl (C=O) groups is 1. The van der Waals surface area contributed by atoms with E-state index >= 15 is 0 Å².